The van der Waals surface area contributed by atoms with Gasteiger partial charge < -0.3 is 24.1 Å². The molecule has 1 fully saturated rings. The summed E-state index contributed by atoms with van der Waals surface area (Å²) in [5, 5.41) is 2.89. The van der Waals surface area contributed by atoms with Crippen LogP contribution in [0.3, 0.4) is 0 Å². The van der Waals surface area contributed by atoms with Gasteiger partial charge in [0.25, 0.3) is 5.91 Å². The second-order valence-corrected chi connectivity index (χ2v) is 8.07. The van der Waals surface area contributed by atoms with Crippen molar-refractivity contribution in [1.82, 2.24) is 9.80 Å². The number of carbonyl (C=O) groups is 1. The lowest BCUT2D eigenvalue weighted by molar-refractivity contribution is 0.0992. The molecule has 2 heterocycles. The minimum Gasteiger partial charge on any atom is -0.493 e. The SMILES string of the molecule is CCN1CCN(Cc2ccc(NC(=O)c3ccc(COc4ccccc4OC)o3)cc2)CC1. The molecule has 33 heavy (non-hydrogen) atoms. The Hall–Kier alpha value is -3.29. The Kier molecular flexibility index (Phi) is 7.65. The van der Waals surface area contributed by atoms with Crippen molar-refractivity contribution in [2.45, 2.75) is 20.1 Å². The van der Waals surface area contributed by atoms with Crippen LogP contribution in [0.4, 0.5) is 5.69 Å². The number of piperazine rings is 1. The Morgan fingerprint density at radius 2 is 1.64 bits per heavy atom. The predicted octanol–water partition coefficient (Wildman–Crippen LogP) is 4.26. The summed E-state index contributed by atoms with van der Waals surface area (Å²) >= 11 is 0. The van der Waals surface area contributed by atoms with Crippen molar-refractivity contribution in [2.24, 2.45) is 0 Å². The fraction of sp³-hybridized carbons (Fsp3) is 0.346. The average molecular weight is 450 g/mol. The molecule has 0 bridgehead atoms. The molecule has 1 amide bonds. The number of furan rings is 1. The number of nitrogens with one attached hydrogen (secondary N) is 1. The highest BCUT2D eigenvalue weighted by Crippen LogP contribution is 2.27. The number of carbonyl (C=O) groups excluding carboxylic acids is 1. The number of anilines is 1. The third-order valence-corrected chi connectivity index (χ3v) is 5.85. The Morgan fingerprint density at radius 3 is 2.33 bits per heavy atom. The number of hydrogen-bond acceptors (Lipinski definition) is 6. The van der Waals surface area contributed by atoms with Crippen LogP contribution >= 0.6 is 0 Å². The lowest BCUT2D eigenvalue weighted by atomic mass is 10.1. The minimum atomic E-state index is -0.290. The summed E-state index contributed by atoms with van der Waals surface area (Å²) in [6.07, 6.45) is 0. The molecule has 0 radical (unpaired) electrons. The van der Waals surface area contributed by atoms with E-state index >= 15 is 0 Å². The average Bonchev–Trinajstić information content (AvgIpc) is 3.34. The van der Waals surface area contributed by atoms with Gasteiger partial charge in [-0.05, 0) is 48.5 Å². The van der Waals surface area contributed by atoms with Gasteiger partial charge in [0.15, 0.2) is 17.3 Å². The maximum atomic E-state index is 12.6. The number of benzene rings is 2. The summed E-state index contributed by atoms with van der Waals surface area (Å²) in [6.45, 7) is 8.89. The van der Waals surface area contributed by atoms with E-state index in [1.165, 1.54) is 5.56 Å². The fourth-order valence-electron chi connectivity index (χ4n) is 3.87. The highest BCUT2D eigenvalue weighted by Gasteiger charge is 2.16. The van der Waals surface area contributed by atoms with Crippen LogP contribution in [0.1, 0.15) is 28.8 Å². The van der Waals surface area contributed by atoms with E-state index in [1.54, 1.807) is 19.2 Å². The summed E-state index contributed by atoms with van der Waals surface area (Å²) in [4.78, 5) is 17.5. The van der Waals surface area contributed by atoms with Crippen LogP contribution in [0, 0.1) is 0 Å². The molecule has 4 rings (SSSR count). The number of nitrogens with zero attached hydrogens (tertiary/aromatic N) is 2. The van der Waals surface area contributed by atoms with Crippen LogP contribution in [0.15, 0.2) is 65.1 Å². The van der Waals surface area contributed by atoms with Gasteiger partial charge in [0, 0.05) is 38.4 Å². The van der Waals surface area contributed by atoms with Gasteiger partial charge in [-0.3, -0.25) is 9.69 Å². The van der Waals surface area contributed by atoms with E-state index in [1.807, 2.05) is 36.4 Å². The van der Waals surface area contributed by atoms with E-state index in [4.69, 9.17) is 13.9 Å². The van der Waals surface area contributed by atoms with Crippen LogP contribution in [-0.2, 0) is 13.2 Å². The topological polar surface area (TPSA) is 67.2 Å². The number of ether oxygens (including phenoxy) is 2. The third-order valence-electron chi connectivity index (χ3n) is 5.85. The number of hydrogen-bond donors (Lipinski definition) is 1. The van der Waals surface area contributed by atoms with E-state index in [-0.39, 0.29) is 18.3 Å². The van der Waals surface area contributed by atoms with Gasteiger partial charge >= 0.3 is 0 Å². The van der Waals surface area contributed by atoms with Crippen molar-refractivity contribution in [2.75, 3.05) is 45.2 Å². The van der Waals surface area contributed by atoms with Gasteiger partial charge in [-0.15, -0.1) is 0 Å². The van der Waals surface area contributed by atoms with Crippen molar-refractivity contribution in [3.63, 3.8) is 0 Å². The highest BCUT2D eigenvalue weighted by molar-refractivity contribution is 6.02. The predicted molar refractivity (Wildman–Crippen MR) is 128 cm³/mol. The van der Waals surface area contributed by atoms with Crippen molar-refractivity contribution < 1.29 is 18.7 Å². The second kappa shape index (κ2) is 11.0. The molecular formula is C26H31N3O4. The largest absolute Gasteiger partial charge is 0.493 e. The first kappa shape index (κ1) is 22.9. The first-order chi connectivity index (χ1) is 16.1. The minimum absolute atomic E-state index is 0.203. The zero-order chi connectivity index (χ0) is 23.0. The van der Waals surface area contributed by atoms with Gasteiger partial charge in [-0.1, -0.05) is 31.2 Å². The molecule has 1 saturated heterocycles. The van der Waals surface area contributed by atoms with Crippen LogP contribution in [0.25, 0.3) is 0 Å². The molecule has 2 aromatic carbocycles. The molecule has 3 aromatic rings. The fourth-order valence-corrected chi connectivity index (χ4v) is 3.87. The van der Waals surface area contributed by atoms with Crippen LogP contribution in [-0.4, -0.2) is 55.5 Å². The van der Waals surface area contributed by atoms with Gasteiger partial charge in [-0.25, -0.2) is 0 Å². The van der Waals surface area contributed by atoms with E-state index in [2.05, 4.69) is 34.2 Å². The Labute approximate surface area is 194 Å². The van der Waals surface area contributed by atoms with Crippen molar-refractivity contribution >= 4 is 11.6 Å². The van der Waals surface area contributed by atoms with Gasteiger partial charge in [0.05, 0.1) is 7.11 Å². The molecule has 0 atom stereocenters. The maximum absolute atomic E-state index is 12.6. The maximum Gasteiger partial charge on any atom is 0.291 e. The monoisotopic (exact) mass is 449 g/mol. The smallest absolute Gasteiger partial charge is 0.291 e. The summed E-state index contributed by atoms with van der Waals surface area (Å²) in [5.41, 5.74) is 1.98. The molecule has 1 N–H and O–H groups in total. The molecule has 1 aliphatic rings. The van der Waals surface area contributed by atoms with Crippen molar-refractivity contribution in [3.05, 3.63) is 77.7 Å². The normalized spacial score (nSPS) is 14.7. The Balaban J connectivity index is 1.27. The standard InChI is InChI=1S/C26H31N3O4/c1-3-28-14-16-29(17-15-28)18-20-8-10-21(11-9-20)27-26(30)25-13-12-22(33-25)19-32-24-7-5-4-6-23(24)31-2/h4-13H,3,14-19H2,1-2H3,(H,27,30). The summed E-state index contributed by atoms with van der Waals surface area (Å²) in [7, 11) is 1.59. The van der Waals surface area contributed by atoms with Crippen LogP contribution in [0.2, 0.25) is 0 Å². The van der Waals surface area contributed by atoms with E-state index in [9.17, 15) is 4.79 Å². The summed E-state index contributed by atoms with van der Waals surface area (Å²) in [6, 6.07) is 18.8. The quantitative estimate of drug-likeness (QED) is 0.527. The van der Waals surface area contributed by atoms with E-state index in [0.29, 0.717) is 17.3 Å². The molecule has 7 heteroatoms. The molecule has 174 valence electrons. The van der Waals surface area contributed by atoms with Crippen molar-refractivity contribution in [3.8, 4) is 11.5 Å². The zero-order valence-electron chi connectivity index (χ0n) is 19.3. The van der Waals surface area contributed by atoms with Crippen LogP contribution < -0.4 is 14.8 Å². The molecule has 0 aliphatic carbocycles. The zero-order valence-corrected chi connectivity index (χ0v) is 19.3. The Bertz CT molecular complexity index is 1040. The number of amides is 1. The van der Waals surface area contributed by atoms with Gasteiger partial charge in [-0.2, -0.15) is 0 Å². The van der Waals surface area contributed by atoms with Crippen molar-refractivity contribution in [1.29, 1.82) is 0 Å². The number of para-hydroxylation sites is 2. The second-order valence-electron chi connectivity index (χ2n) is 8.07. The molecule has 1 aromatic heterocycles. The number of rotatable bonds is 9. The third kappa shape index (κ3) is 6.15. The lowest BCUT2D eigenvalue weighted by Gasteiger charge is -2.34. The summed E-state index contributed by atoms with van der Waals surface area (Å²) in [5.74, 6) is 1.78. The number of likely N-dealkylation sites (N-methyl/N-ethyl adjacent to an activating group) is 1. The highest BCUT2D eigenvalue weighted by atomic mass is 16.5. The first-order valence-electron chi connectivity index (χ1n) is 11.3. The molecule has 1 aliphatic heterocycles. The Morgan fingerprint density at radius 1 is 0.939 bits per heavy atom. The number of methoxy groups -OCH3 is 1. The van der Waals surface area contributed by atoms with Crippen LogP contribution in [0.5, 0.6) is 11.5 Å². The van der Waals surface area contributed by atoms with E-state index in [0.717, 1.165) is 45.0 Å². The molecule has 0 saturated carbocycles. The molecule has 0 spiro atoms. The van der Waals surface area contributed by atoms with Gasteiger partial charge in [0.1, 0.15) is 12.4 Å². The first-order valence-corrected chi connectivity index (χ1v) is 11.3. The molecule has 0 unspecified atom stereocenters. The van der Waals surface area contributed by atoms with E-state index < -0.39 is 0 Å². The molecule has 7 nitrogen and oxygen atoms in total. The van der Waals surface area contributed by atoms with Gasteiger partial charge in [0.2, 0.25) is 0 Å². The molecular weight excluding hydrogens is 418 g/mol. The summed E-state index contributed by atoms with van der Waals surface area (Å²) < 4.78 is 16.7. The lowest BCUT2D eigenvalue weighted by Crippen LogP contribution is -2.45.